The third-order valence-corrected chi connectivity index (χ3v) is 10.4. The second-order valence-corrected chi connectivity index (χ2v) is 15.4. The highest BCUT2D eigenvalue weighted by Gasteiger charge is 2.67. The van der Waals surface area contributed by atoms with E-state index in [4.69, 9.17) is 21.1 Å². The minimum atomic E-state index is -2.26. The molecule has 5 nitrogen and oxygen atoms in total. The molecule has 0 fully saturated rings. The van der Waals surface area contributed by atoms with Crippen molar-refractivity contribution in [2.45, 2.75) is 89.8 Å². The fourth-order valence-corrected chi connectivity index (χ4v) is 7.47. The minimum Gasteiger partial charge on any atom is -0.478 e. The first-order chi connectivity index (χ1) is 21.6. The molecular formula is C40H39ClO5. The summed E-state index contributed by atoms with van der Waals surface area (Å²) in [7, 11) is 0. The van der Waals surface area contributed by atoms with Crippen molar-refractivity contribution in [1.29, 1.82) is 0 Å². The fraction of sp³-hybridized carbons (Fsp3) is 0.350. The van der Waals surface area contributed by atoms with Gasteiger partial charge in [0.15, 0.2) is 17.0 Å². The zero-order valence-electron chi connectivity index (χ0n) is 27.4. The first-order valence-corrected chi connectivity index (χ1v) is 16.4. The van der Waals surface area contributed by atoms with Crippen LogP contribution in [0.25, 0.3) is 27.6 Å². The predicted molar refractivity (Wildman–Crippen MR) is 184 cm³/mol. The molecule has 0 saturated heterocycles. The van der Waals surface area contributed by atoms with E-state index in [0.29, 0.717) is 17.1 Å². The summed E-state index contributed by atoms with van der Waals surface area (Å²) in [6, 6.07) is 20.6. The summed E-state index contributed by atoms with van der Waals surface area (Å²) in [6.07, 6.45) is 1.82. The van der Waals surface area contributed by atoms with Gasteiger partial charge in [0.2, 0.25) is 5.78 Å². The molecule has 4 aromatic rings. The third-order valence-electron chi connectivity index (χ3n) is 10.0. The lowest BCUT2D eigenvalue weighted by Gasteiger charge is -2.48. The molecule has 1 spiro atoms. The van der Waals surface area contributed by atoms with Gasteiger partial charge >= 0.3 is 0 Å². The number of carbonyl (C=O) groups excluding carboxylic acids is 2. The number of hydrogen-bond acceptors (Lipinski definition) is 5. The fourth-order valence-electron chi connectivity index (χ4n) is 7.17. The van der Waals surface area contributed by atoms with Crippen molar-refractivity contribution in [3.05, 3.63) is 99.3 Å². The molecular weight excluding hydrogens is 596 g/mol. The molecule has 2 heterocycles. The monoisotopic (exact) mass is 634 g/mol. The van der Waals surface area contributed by atoms with Gasteiger partial charge in [0.25, 0.3) is 0 Å². The smallest absolute Gasteiger partial charge is 0.214 e. The average molecular weight is 635 g/mol. The highest BCUT2D eigenvalue weighted by Crippen LogP contribution is 2.57. The van der Waals surface area contributed by atoms with Crippen LogP contribution in [0.2, 0.25) is 0 Å². The van der Waals surface area contributed by atoms with Crippen molar-refractivity contribution in [3.63, 3.8) is 0 Å². The van der Waals surface area contributed by atoms with E-state index < -0.39 is 23.4 Å². The van der Waals surface area contributed by atoms with Crippen LogP contribution < -0.4 is 9.47 Å². The Kier molecular flexibility index (Phi) is 6.70. The number of carbonyl (C=O) groups is 2. The van der Waals surface area contributed by atoms with Crippen LogP contribution in [0.5, 0.6) is 11.5 Å². The summed E-state index contributed by atoms with van der Waals surface area (Å²) in [6.45, 7) is 14.8. The summed E-state index contributed by atoms with van der Waals surface area (Å²) in [5.41, 5.74) is 0.564. The van der Waals surface area contributed by atoms with Crippen LogP contribution in [0.15, 0.2) is 77.0 Å². The topological polar surface area (TPSA) is 72.8 Å². The molecule has 0 radical (unpaired) electrons. The number of ether oxygens (including phenoxy) is 2. The van der Waals surface area contributed by atoms with E-state index in [1.54, 1.807) is 6.92 Å². The molecule has 0 unspecified atom stereocenters. The molecule has 0 saturated carbocycles. The van der Waals surface area contributed by atoms with E-state index >= 15 is 0 Å². The zero-order chi connectivity index (χ0) is 33.0. The quantitative estimate of drug-likeness (QED) is 0.244. The normalized spacial score (nSPS) is 22.4. The lowest BCUT2D eigenvalue weighted by Crippen LogP contribution is -2.66. The Labute approximate surface area is 274 Å². The molecule has 2 aliphatic heterocycles. The second-order valence-electron chi connectivity index (χ2n) is 15.1. The van der Waals surface area contributed by atoms with Gasteiger partial charge in [-0.3, -0.25) is 9.59 Å². The number of fused-ring (bicyclic) bond motifs is 8. The molecule has 6 heteroatoms. The molecule has 0 bridgehead atoms. The number of halogens is 1. The summed E-state index contributed by atoms with van der Waals surface area (Å²) < 4.78 is 13.3. The first-order valence-electron chi connectivity index (χ1n) is 16.0. The molecule has 1 N–H and O–H groups in total. The zero-order valence-corrected chi connectivity index (χ0v) is 28.2. The molecule has 1 aliphatic carbocycles. The summed E-state index contributed by atoms with van der Waals surface area (Å²) >= 11 is 6.77. The van der Waals surface area contributed by atoms with Crippen molar-refractivity contribution in [2.24, 2.45) is 0 Å². The number of ketones is 2. The Morgan fingerprint density at radius 1 is 0.870 bits per heavy atom. The lowest BCUT2D eigenvalue weighted by atomic mass is 9.65. The Hall–Kier alpha value is -3.93. The van der Waals surface area contributed by atoms with Gasteiger partial charge in [-0.05, 0) is 61.7 Å². The Balaban J connectivity index is 1.48. The van der Waals surface area contributed by atoms with Crippen molar-refractivity contribution in [1.82, 2.24) is 0 Å². The number of aliphatic hydroxyl groups is 1. The van der Waals surface area contributed by atoms with Crippen LogP contribution in [0.1, 0.15) is 83.6 Å². The molecule has 7 rings (SSSR count). The van der Waals surface area contributed by atoms with Crippen molar-refractivity contribution >= 4 is 50.8 Å². The molecule has 0 aromatic heterocycles. The lowest BCUT2D eigenvalue weighted by molar-refractivity contribution is -0.161. The van der Waals surface area contributed by atoms with Crippen LogP contribution in [-0.2, 0) is 26.8 Å². The Bertz CT molecular complexity index is 2070. The van der Waals surface area contributed by atoms with Crippen LogP contribution in [0.3, 0.4) is 0 Å². The summed E-state index contributed by atoms with van der Waals surface area (Å²) in [5.74, 6) is 0.241. The van der Waals surface area contributed by atoms with E-state index in [1.165, 1.54) is 11.1 Å². The van der Waals surface area contributed by atoms with Gasteiger partial charge in [0.05, 0.1) is 0 Å². The van der Waals surface area contributed by atoms with Crippen molar-refractivity contribution in [2.75, 3.05) is 0 Å². The van der Waals surface area contributed by atoms with Gasteiger partial charge in [0, 0.05) is 36.0 Å². The van der Waals surface area contributed by atoms with Gasteiger partial charge < -0.3 is 14.6 Å². The summed E-state index contributed by atoms with van der Waals surface area (Å²) in [5, 5.41) is 16.3. The van der Waals surface area contributed by atoms with E-state index in [0.717, 1.165) is 32.7 Å². The SMILES string of the molecule is CCC(=O)C[C@]1(O)C(=O)C(Cl)=C2Oc3ccc4cc(C(C)(C)C)ccc4c3C=C2[C@@]12Cc1c(ccc3cc(C(C)(C)C)ccc13)O2. The van der Waals surface area contributed by atoms with Gasteiger partial charge in [-0.1, -0.05) is 109 Å². The van der Waals surface area contributed by atoms with Crippen molar-refractivity contribution in [3.8, 4) is 11.5 Å². The second kappa shape index (κ2) is 10.0. The summed E-state index contributed by atoms with van der Waals surface area (Å²) in [4.78, 5) is 27.2. The number of Topliss-reactive ketones (excluding diaryl/α,β-unsaturated/α-hetero) is 2. The predicted octanol–water partition coefficient (Wildman–Crippen LogP) is 8.87. The maximum atomic E-state index is 14.2. The van der Waals surface area contributed by atoms with Crippen LogP contribution in [-0.4, -0.2) is 27.9 Å². The molecule has 46 heavy (non-hydrogen) atoms. The van der Waals surface area contributed by atoms with E-state index in [-0.39, 0.29) is 40.2 Å². The Morgan fingerprint density at radius 3 is 2.07 bits per heavy atom. The molecule has 4 aromatic carbocycles. The largest absolute Gasteiger partial charge is 0.478 e. The number of rotatable bonds is 3. The van der Waals surface area contributed by atoms with Gasteiger partial charge in [-0.25, -0.2) is 0 Å². The van der Waals surface area contributed by atoms with E-state index in [1.807, 2.05) is 30.3 Å². The third kappa shape index (κ3) is 4.39. The molecule has 3 aliphatic rings. The number of benzene rings is 4. The minimum absolute atomic E-state index is 0.0293. The van der Waals surface area contributed by atoms with E-state index in [9.17, 15) is 14.7 Å². The molecule has 236 valence electrons. The van der Waals surface area contributed by atoms with Gasteiger partial charge in [-0.2, -0.15) is 0 Å². The van der Waals surface area contributed by atoms with Gasteiger partial charge in [0.1, 0.15) is 22.3 Å². The maximum Gasteiger partial charge on any atom is 0.214 e. The molecule has 2 atom stereocenters. The maximum absolute atomic E-state index is 14.2. The van der Waals surface area contributed by atoms with E-state index in [2.05, 4.69) is 77.9 Å². The Morgan fingerprint density at radius 2 is 1.46 bits per heavy atom. The standard InChI is InChI=1S/C40H39ClO5/c1-8-26(42)20-39(44)36(43)34(41)35-31(19-29-27-13-11-24(37(2,3)4)17-22(27)9-15-32(29)45-35)40(39)21-30-28-14-12-25(38(5,6)7)18-23(28)10-16-33(30)46-40/h9-19,44H,8,20-21H2,1-7H3/t39-,40-/m0/s1. The van der Waals surface area contributed by atoms with Crippen molar-refractivity contribution < 1.29 is 24.2 Å². The van der Waals surface area contributed by atoms with Crippen LogP contribution in [0, 0.1) is 0 Å². The van der Waals surface area contributed by atoms with Crippen LogP contribution >= 0.6 is 11.6 Å². The number of hydrogen-bond donors (Lipinski definition) is 1. The van der Waals surface area contributed by atoms with Crippen LogP contribution in [0.4, 0.5) is 0 Å². The highest BCUT2D eigenvalue weighted by atomic mass is 35.5. The van der Waals surface area contributed by atoms with Gasteiger partial charge in [-0.15, -0.1) is 0 Å². The highest BCUT2D eigenvalue weighted by molar-refractivity contribution is 6.45. The first kappa shape index (κ1) is 30.7. The average Bonchev–Trinajstić information content (AvgIpc) is 3.43. The molecule has 0 amide bonds.